The Hall–Kier alpha value is 1.41. The minimum absolute atomic E-state index is 0.0413. The molecule has 1 heterocycles. The monoisotopic (exact) mass is 485 g/mol. The quantitative estimate of drug-likeness (QED) is 0.441. The summed E-state index contributed by atoms with van der Waals surface area (Å²) in [6, 6.07) is 0. The lowest BCUT2D eigenvalue weighted by molar-refractivity contribution is 0.258. The van der Waals surface area contributed by atoms with Crippen LogP contribution in [0.25, 0.3) is 0 Å². The molecule has 2 nitrogen and oxygen atoms in total. The van der Waals surface area contributed by atoms with E-state index in [2.05, 4.69) is 80.0 Å². The van der Waals surface area contributed by atoms with Crippen LogP contribution in [0.1, 0.15) is 13.8 Å². The first-order valence-electron chi connectivity index (χ1n) is 4.41. The first-order chi connectivity index (χ1) is 6.49. The smallest absolute Gasteiger partial charge is 0.192 e. The van der Waals surface area contributed by atoms with E-state index in [9.17, 15) is 0 Å². The van der Waals surface area contributed by atoms with Crippen molar-refractivity contribution >= 4 is 67.0 Å². The lowest BCUT2D eigenvalue weighted by Crippen LogP contribution is -2.36. The normalized spacial score (nSPS) is 20.5. The average molecular weight is 486 g/mol. The summed E-state index contributed by atoms with van der Waals surface area (Å²) in [6.45, 7) is 4.93. The summed E-state index contributed by atoms with van der Waals surface area (Å²) in [7, 11) is 0. The maximum Gasteiger partial charge on any atom is 0.192 e. The molecule has 0 aromatic rings. The third kappa shape index (κ3) is 2.75. The van der Waals surface area contributed by atoms with Gasteiger partial charge in [-0.15, -0.1) is 0 Å². The van der Waals surface area contributed by atoms with Crippen LogP contribution in [0.4, 0.5) is 0 Å². The Morgan fingerprint density at radius 3 is 2.36 bits per heavy atom. The lowest BCUT2D eigenvalue weighted by Gasteiger charge is -2.26. The molecule has 0 saturated heterocycles. The Bertz CT molecular complexity index is 231. The Balaban J connectivity index is 2.91. The Morgan fingerprint density at radius 2 is 2.07 bits per heavy atom. The Kier molecular flexibility index (Phi) is 4.97. The van der Waals surface area contributed by atoms with Gasteiger partial charge < -0.3 is 4.74 Å². The molecule has 82 valence electrons. The second-order valence-corrected chi connectivity index (χ2v) is 6.29. The van der Waals surface area contributed by atoms with Gasteiger partial charge in [0, 0.05) is 14.2 Å². The minimum atomic E-state index is -0.0413. The molecule has 0 saturated carbocycles. The summed E-state index contributed by atoms with van der Waals surface area (Å²) >= 11 is 8.39. The molecule has 0 spiro atoms. The van der Waals surface area contributed by atoms with Crippen LogP contribution in [-0.2, 0) is 4.74 Å². The van der Waals surface area contributed by atoms with Gasteiger partial charge in [-0.05, 0) is 13.8 Å². The van der Waals surface area contributed by atoms with Gasteiger partial charge >= 0.3 is 0 Å². The van der Waals surface area contributed by atoms with Crippen molar-refractivity contribution in [2.24, 2.45) is 10.4 Å². The van der Waals surface area contributed by atoms with Crippen molar-refractivity contribution in [3.63, 3.8) is 0 Å². The van der Waals surface area contributed by atoms with E-state index < -0.39 is 0 Å². The van der Waals surface area contributed by atoms with Crippen molar-refractivity contribution < 1.29 is 4.74 Å². The second kappa shape index (κ2) is 5.16. The van der Waals surface area contributed by atoms with Gasteiger partial charge in [0.05, 0.1) is 11.0 Å². The molecule has 0 radical (unpaired) electrons. The SMILES string of the molecule is CC1(C)COC(C(CBr)(CI)CI)=N1. The molecule has 1 rings (SSSR count). The second-order valence-electron chi connectivity index (χ2n) is 4.20. The number of nitrogens with zero attached hydrogens (tertiary/aromatic N) is 1. The maximum absolute atomic E-state index is 5.72. The van der Waals surface area contributed by atoms with Gasteiger partial charge in [0.1, 0.15) is 6.61 Å². The van der Waals surface area contributed by atoms with Crippen LogP contribution in [0, 0.1) is 5.41 Å². The number of halogens is 3. The topological polar surface area (TPSA) is 21.6 Å². The molecule has 0 N–H and O–H groups in total. The largest absolute Gasteiger partial charge is 0.478 e. The molecule has 0 fully saturated rings. The van der Waals surface area contributed by atoms with Crippen molar-refractivity contribution in [2.75, 3.05) is 20.8 Å². The van der Waals surface area contributed by atoms with Crippen LogP contribution in [0.5, 0.6) is 0 Å². The summed E-state index contributed by atoms with van der Waals surface area (Å²) in [6.07, 6.45) is 0. The van der Waals surface area contributed by atoms with Gasteiger partial charge in [-0.25, -0.2) is 4.99 Å². The first kappa shape index (κ1) is 13.5. The maximum atomic E-state index is 5.72. The van der Waals surface area contributed by atoms with Crippen molar-refractivity contribution in [2.45, 2.75) is 19.4 Å². The van der Waals surface area contributed by atoms with Gasteiger partial charge in [0.2, 0.25) is 0 Å². The van der Waals surface area contributed by atoms with Crippen LogP contribution in [0.3, 0.4) is 0 Å². The number of ether oxygens (including phenoxy) is 1. The average Bonchev–Trinajstić information content (AvgIpc) is 2.51. The van der Waals surface area contributed by atoms with E-state index in [4.69, 9.17) is 4.74 Å². The Morgan fingerprint density at radius 1 is 1.50 bits per heavy atom. The summed E-state index contributed by atoms with van der Waals surface area (Å²) in [5.74, 6) is 0.933. The van der Waals surface area contributed by atoms with Crippen molar-refractivity contribution in [1.82, 2.24) is 0 Å². The highest BCUT2D eigenvalue weighted by Gasteiger charge is 2.40. The standard InChI is InChI=1S/C9H14BrI2NO/c1-8(2)6-14-7(13-8)9(3-10,4-11)5-12/h3-6H2,1-2H3. The fraction of sp³-hybridized carbons (Fsp3) is 0.889. The molecule has 1 aliphatic rings. The summed E-state index contributed by atoms with van der Waals surface area (Å²) < 4.78 is 7.79. The molecule has 1 aliphatic heterocycles. The summed E-state index contributed by atoms with van der Waals surface area (Å²) in [5, 5.41) is 0.917. The molecule has 0 bridgehead atoms. The third-order valence-corrected chi connectivity index (χ3v) is 6.18. The van der Waals surface area contributed by atoms with Crippen LogP contribution in [0.2, 0.25) is 0 Å². The molecule has 5 heteroatoms. The fourth-order valence-electron chi connectivity index (χ4n) is 1.13. The zero-order chi connectivity index (χ0) is 10.8. The molecule has 0 amide bonds. The number of alkyl halides is 3. The van der Waals surface area contributed by atoms with Crippen molar-refractivity contribution in [1.29, 1.82) is 0 Å². The first-order valence-corrected chi connectivity index (χ1v) is 8.58. The minimum Gasteiger partial charge on any atom is -0.478 e. The number of hydrogen-bond acceptors (Lipinski definition) is 2. The highest BCUT2D eigenvalue weighted by Crippen LogP contribution is 2.33. The molecular weight excluding hydrogens is 472 g/mol. The number of rotatable bonds is 4. The molecule has 0 aromatic heterocycles. The lowest BCUT2D eigenvalue weighted by atomic mass is 9.96. The molecule has 0 aromatic carbocycles. The van der Waals surface area contributed by atoms with Crippen LogP contribution >= 0.6 is 61.1 Å². The van der Waals surface area contributed by atoms with Gasteiger partial charge in [-0.1, -0.05) is 61.1 Å². The molecule has 0 atom stereocenters. The van der Waals surface area contributed by atoms with Crippen LogP contribution < -0.4 is 0 Å². The summed E-state index contributed by atoms with van der Waals surface area (Å²) in [5.41, 5.74) is 0.0370. The highest BCUT2D eigenvalue weighted by atomic mass is 127. The fourth-order valence-corrected chi connectivity index (χ4v) is 6.02. The molecule has 0 aliphatic carbocycles. The van der Waals surface area contributed by atoms with Crippen molar-refractivity contribution in [3.05, 3.63) is 0 Å². The van der Waals surface area contributed by atoms with Crippen LogP contribution in [0.15, 0.2) is 4.99 Å². The van der Waals surface area contributed by atoms with Gasteiger partial charge in [-0.3, -0.25) is 0 Å². The predicted molar refractivity (Wildman–Crippen MR) is 81.5 cm³/mol. The zero-order valence-corrected chi connectivity index (χ0v) is 14.2. The van der Waals surface area contributed by atoms with E-state index in [0.29, 0.717) is 6.61 Å². The van der Waals surface area contributed by atoms with E-state index >= 15 is 0 Å². The van der Waals surface area contributed by atoms with E-state index in [1.165, 1.54) is 0 Å². The van der Waals surface area contributed by atoms with Crippen molar-refractivity contribution in [3.8, 4) is 0 Å². The predicted octanol–water partition coefficient (Wildman–Crippen LogP) is 3.45. The van der Waals surface area contributed by atoms with E-state index in [0.717, 1.165) is 20.1 Å². The van der Waals surface area contributed by atoms with E-state index in [1.54, 1.807) is 0 Å². The van der Waals surface area contributed by atoms with Crippen LogP contribution in [-0.4, -0.2) is 32.2 Å². The van der Waals surface area contributed by atoms with E-state index in [-0.39, 0.29) is 11.0 Å². The molecule has 0 unspecified atom stereocenters. The molecule has 14 heavy (non-hydrogen) atoms. The number of aliphatic imine (C=N–C) groups is 1. The van der Waals surface area contributed by atoms with Gasteiger partial charge in [-0.2, -0.15) is 0 Å². The van der Waals surface area contributed by atoms with Gasteiger partial charge in [0.25, 0.3) is 0 Å². The number of hydrogen-bond donors (Lipinski definition) is 0. The molecular formula is C9H14BrI2NO. The Labute approximate surface area is 121 Å². The highest BCUT2D eigenvalue weighted by molar-refractivity contribution is 14.1. The zero-order valence-electron chi connectivity index (χ0n) is 8.32. The van der Waals surface area contributed by atoms with E-state index in [1.807, 2.05) is 0 Å². The van der Waals surface area contributed by atoms with Gasteiger partial charge in [0.15, 0.2) is 5.90 Å². The summed E-state index contributed by atoms with van der Waals surface area (Å²) in [4.78, 5) is 4.66. The third-order valence-electron chi connectivity index (χ3n) is 2.19.